The van der Waals surface area contributed by atoms with Gasteiger partial charge in [0.05, 0.1) is 6.54 Å². The number of aliphatic imine (C=N–C) groups is 1. The summed E-state index contributed by atoms with van der Waals surface area (Å²) in [4.78, 5) is 14.1. The van der Waals surface area contributed by atoms with Gasteiger partial charge in [-0.05, 0) is 37.1 Å². The van der Waals surface area contributed by atoms with Crippen LogP contribution in [-0.4, -0.2) is 53.1 Å². The van der Waals surface area contributed by atoms with Crippen molar-refractivity contribution in [2.75, 3.05) is 37.6 Å². The number of aromatic nitrogens is 2. The summed E-state index contributed by atoms with van der Waals surface area (Å²) < 4.78 is 2.17. The number of anilines is 1. The lowest BCUT2D eigenvalue weighted by Crippen LogP contribution is -2.52. The molecular weight excluding hydrogens is 384 g/mol. The van der Waals surface area contributed by atoms with E-state index >= 15 is 0 Å². The lowest BCUT2D eigenvalue weighted by Gasteiger charge is -2.37. The van der Waals surface area contributed by atoms with E-state index in [2.05, 4.69) is 86.2 Å². The molecule has 1 aliphatic heterocycles. The third-order valence-electron chi connectivity index (χ3n) is 5.71. The van der Waals surface area contributed by atoms with Gasteiger partial charge in [-0.1, -0.05) is 42.5 Å². The van der Waals surface area contributed by atoms with Crippen molar-refractivity contribution >= 4 is 11.6 Å². The lowest BCUT2D eigenvalue weighted by atomic mass is 10.1. The number of nitrogens with one attached hydrogen (secondary N) is 1. The van der Waals surface area contributed by atoms with Crippen LogP contribution >= 0.6 is 0 Å². The van der Waals surface area contributed by atoms with Crippen molar-refractivity contribution in [3.63, 3.8) is 0 Å². The van der Waals surface area contributed by atoms with E-state index in [0.29, 0.717) is 6.54 Å². The Balaban J connectivity index is 1.39. The predicted octanol–water partition coefficient (Wildman–Crippen LogP) is 3.53. The molecule has 162 valence electrons. The van der Waals surface area contributed by atoms with E-state index < -0.39 is 0 Å². The molecule has 0 atom stereocenters. The largest absolute Gasteiger partial charge is 0.368 e. The minimum atomic E-state index is 0.679. The van der Waals surface area contributed by atoms with Crippen LogP contribution in [0.15, 0.2) is 72.0 Å². The Hall–Kier alpha value is -3.28. The molecule has 31 heavy (non-hydrogen) atoms. The van der Waals surface area contributed by atoms with Crippen LogP contribution in [0.25, 0.3) is 0 Å². The Labute approximate surface area is 185 Å². The zero-order valence-corrected chi connectivity index (χ0v) is 18.5. The molecule has 3 aromatic rings. The molecule has 0 aliphatic carbocycles. The third kappa shape index (κ3) is 5.45. The third-order valence-corrected chi connectivity index (χ3v) is 5.71. The molecule has 1 fully saturated rings. The second kappa shape index (κ2) is 10.2. The van der Waals surface area contributed by atoms with E-state index in [-0.39, 0.29) is 0 Å². The van der Waals surface area contributed by atoms with Crippen molar-refractivity contribution in [1.29, 1.82) is 0 Å². The zero-order chi connectivity index (χ0) is 21.5. The van der Waals surface area contributed by atoms with Crippen molar-refractivity contribution in [1.82, 2.24) is 19.8 Å². The van der Waals surface area contributed by atoms with Crippen molar-refractivity contribution in [2.45, 2.75) is 26.9 Å². The first-order chi connectivity index (χ1) is 15.2. The summed E-state index contributed by atoms with van der Waals surface area (Å²) in [6.07, 6.45) is 3.88. The average molecular weight is 417 g/mol. The normalized spacial score (nSPS) is 14.7. The second-order valence-corrected chi connectivity index (χ2v) is 7.90. The van der Waals surface area contributed by atoms with Gasteiger partial charge >= 0.3 is 0 Å². The predicted molar refractivity (Wildman–Crippen MR) is 128 cm³/mol. The number of hydrogen-bond donors (Lipinski definition) is 1. The van der Waals surface area contributed by atoms with E-state index in [9.17, 15) is 0 Å². The van der Waals surface area contributed by atoms with Crippen molar-refractivity contribution in [3.05, 3.63) is 83.9 Å². The number of piperazine rings is 1. The molecule has 4 rings (SSSR count). The minimum absolute atomic E-state index is 0.679. The molecule has 1 N–H and O–H groups in total. The quantitative estimate of drug-likeness (QED) is 0.493. The summed E-state index contributed by atoms with van der Waals surface area (Å²) in [5, 5.41) is 3.48. The molecule has 0 bridgehead atoms. The molecule has 0 amide bonds. The van der Waals surface area contributed by atoms with Crippen LogP contribution in [0.4, 0.5) is 5.69 Å². The zero-order valence-electron chi connectivity index (χ0n) is 18.5. The van der Waals surface area contributed by atoms with Gasteiger partial charge in [-0.15, -0.1) is 0 Å². The number of aryl methyl sites for hydroxylation is 1. The Kier molecular flexibility index (Phi) is 6.87. The highest BCUT2D eigenvalue weighted by Gasteiger charge is 2.19. The number of hydrogen-bond acceptors (Lipinski definition) is 3. The summed E-state index contributed by atoms with van der Waals surface area (Å²) in [6, 6.07) is 19.4. The monoisotopic (exact) mass is 416 g/mol. The Morgan fingerprint density at radius 3 is 2.48 bits per heavy atom. The van der Waals surface area contributed by atoms with E-state index in [1.807, 2.05) is 19.3 Å². The summed E-state index contributed by atoms with van der Waals surface area (Å²) in [6.45, 7) is 10.5. The van der Waals surface area contributed by atoms with Crippen LogP contribution in [0.5, 0.6) is 0 Å². The molecule has 0 saturated carbocycles. The minimum Gasteiger partial charge on any atom is -0.368 e. The van der Waals surface area contributed by atoms with Crippen LogP contribution in [0, 0.1) is 6.92 Å². The summed E-state index contributed by atoms with van der Waals surface area (Å²) in [5.41, 5.74) is 3.80. The molecule has 0 unspecified atom stereocenters. The number of benzene rings is 2. The van der Waals surface area contributed by atoms with Gasteiger partial charge < -0.3 is 19.7 Å². The Morgan fingerprint density at radius 2 is 1.77 bits per heavy atom. The number of imidazole rings is 1. The SMILES string of the molecule is CCNC(=NCc1cccc(Cn2ccnc2C)c1)N1CCN(c2ccccc2)CC1. The number of para-hydroxylation sites is 1. The van der Waals surface area contributed by atoms with Crippen LogP contribution < -0.4 is 10.2 Å². The summed E-state index contributed by atoms with van der Waals surface area (Å²) in [7, 11) is 0. The lowest BCUT2D eigenvalue weighted by molar-refractivity contribution is 0.372. The fraction of sp³-hybridized carbons (Fsp3) is 0.360. The Morgan fingerprint density at radius 1 is 1.00 bits per heavy atom. The molecule has 0 radical (unpaired) electrons. The molecule has 1 aromatic heterocycles. The van der Waals surface area contributed by atoms with Gasteiger partial charge in [-0.2, -0.15) is 0 Å². The maximum atomic E-state index is 4.95. The van der Waals surface area contributed by atoms with Gasteiger partial charge in [0.2, 0.25) is 0 Å². The molecule has 2 heterocycles. The van der Waals surface area contributed by atoms with Gasteiger partial charge in [0.25, 0.3) is 0 Å². The van der Waals surface area contributed by atoms with Crippen LogP contribution in [-0.2, 0) is 13.1 Å². The highest BCUT2D eigenvalue weighted by Crippen LogP contribution is 2.16. The summed E-state index contributed by atoms with van der Waals surface area (Å²) in [5.74, 6) is 2.04. The fourth-order valence-corrected chi connectivity index (χ4v) is 4.00. The maximum Gasteiger partial charge on any atom is 0.194 e. The molecule has 2 aromatic carbocycles. The molecule has 0 spiro atoms. The second-order valence-electron chi connectivity index (χ2n) is 7.90. The van der Waals surface area contributed by atoms with E-state index in [1.165, 1.54) is 16.8 Å². The molecule has 1 saturated heterocycles. The first-order valence-corrected chi connectivity index (χ1v) is 11.1. The number of guanidine groups is 1. The van der Waals surface area contributed by atoms with E-state index in [1.54, 1.807) is 0 Å². The molecule has 6 heteroatoms. The van der Waals surface area contributed by atoms with Crippen molar-refractivity contribution in [3.8, 4) is 0 Å². The molecule has 1 aliphatic rings. The first kappa shape index (κ1) is 21.0. The van der Waals surface area contributed by atoms with Crippen molar-refractivity contribution < 1.29 is 0 Å². The highest BCUT2D eigenvalue weighted by molar-refractivity contribution is 5.80. The smallest absolute Gasteiger partial charge is 0.194 e. The maximum absolute atomic E-state index is 4.95. The van der Waals surface area contributed by atoms with E-state index in [4.69, 9.17) is 4.99 Å². The standard InChI is InChI=1S/C25H32N6/c1-3-26-25(30-16-14-29(15-17-30)24-10-5-4-6-11-24)28-19-22-8-7-9-23(18-22)20-31-13-12-27-21(31)2/h4-13,18H,3,14-17,19-20H2,1-2H3,(H,26,28). The average Bonchev–Trinajstić information content (AvgIpc) is 3.22. The van der Waals surface area contributed by atoms with Gasteiger partial charge in [-0.3, -0.25) is 0 Å². The van der Waals surface area contributed by atoms with Gasteiger partial charge in [0.1, 0.15) is 5.82 Å². The molecular formula is C25H32N6. The van der Waals surface area contributed by atoms with Crippen LogP contribution in [0.3, 0.4) is 0 Å². The van der Waals surface area contributed by atoms with Gasteiger partial charge in [0, 0.05) is 57.3 Å². The topological polar surface area (TPSA) is 48.7 Å². The van der Waals surface area contributed by atoms with Gasteiger partial charge in [0.15, 0.2) is 5.96 Å². The number of rotatable bonds is 6. The first-order valence-electron chi connectivity index (χ1n) is 11.1. The number of nitrogens with zero attached hydrogens (tertiary/aromatic N) is 5. The highest BCUT2D eigenvalue weighted by atomic mass is 15.3. The van der Waals surface area contributed by atoms with Crippen molar-refractivity contribution in [2.24, 2.45) is 4.99 Å². The molecule has 6 nitrogen and oxygen atoms in total. The van der Waals surface area contributed by atoms with E-state index in [0.717, 1.165) is 51.1 Å². The summed E-state index contributed by atoms with van der Waals surface area (Å²) >= 11 is 0. The van der Waals surface area contributed by atoms with Crippen LogP contribution in [0.2, 0.25) is 0 Å². The van der Waals surface area contributed by atoms with Gasteiger partial charge in [-0.25, -0.2) is 9.98 Å². The van der Waals surface area contributed by atoms with Crippen LogP contribution in [0.1, 0.15) is 23.9 Å². The fourth-order valence-electron chi connectivity index (χ4n) is 4.00. The Bertz CT molecular complexity index is 986.